The van der Waals surface area contributed by atoms with Crippen molar-refractivity contribution >= 4 is 6.08 Å². The zero-order valence-corrected chi connectivity index (χ0v) is 10.3. The fourth-order valence-electron chi connectivity index (χ4n) is 1.53. The maximum absolute atomic E-state index is 12.3. The first kappa shape index (κ1) is 14.3. The molecule has 0 unspecified atom stereocenters. The van der Waals surface area contributed by atoms with Crippen molar-refractivity contribution in [3.63, 3.8) is 0 Å². The van der Waals surface area contributed by atoms with Crippen molar-refractivity contribution in [2.75, 3.05) is 0 Å². The molecule has 0 amide bonds. The minimum atomic E-state index is -2.52. The van der Waals surface area contributed by atoms with Crippen LogP contribution in [0, 0.1) is 16.0 Å². The number of rotatable bonds is 5. The van der Waals surface area contributed by atoms with E-state index in [-0.39, 0.29) is 17.2 Å². The van der Waals surface area contributed by atoms with Crippen LogP contribution in [-0.2, 0) is 0 Å². The highest BCUT2D eigenvalue weighted by Crippen LogP contribution is 2.21. The van der Waals surface area contributed by atoms with Gasteiger partial charge in [-0.25, -0.2) is 8.78 Å². The van der Waals surface area contributed by atoms with Crippen molar-refractivity contribution in [1.29, 1.82) is 0 Å². The van der Waals surface area contributed by atoms with E-state index in [0.29, 0.717) is 12.0 Å². The van der Waals surface area contributed by atoms with Gasteiger partial charge in [-0.1, -0.05) is 38.1 Å². The van der Waals surface area contributed by atoms with Crippen LogP contribution >= 0.6 is 0 Å². The van der Waals surface area contributed by atoms with E-state index >= 15 is 0 Å². The molecule has 1 aromatic rings. The first-order chi connectivity index (χ1) is 8.40. The number of hydrogen-bond acceptors (Lipinski definition) is 2. The van der Waals surface area contributed by atoms with Gasteiger partial charge in [0, 0.05) is 18.1 Å². The number of halogens is 2. The third-order valence-electron chi connectivity index (χ3n) is 2.37. The van der Waals surface area contributed by atoms with E-state index in [9.17, 15) is 18.9 Å². The summed E-state index contributed by atoms with van der Waals surface area (Å²) < 4.78 is 24.7. The van der Waals surface area contributed by atoms with Gasteiger partial charge in [0.1, 0.15) is 0 Å². The summed E-state index contributed by atoms with van der Waals surface area (Å²) in [6.45, 7) is 3.77. The first-order valence-corrected chi connectivity index (χ1v) is 5.63. The van der Waals surface area contributed by atoms with E-state index in [2.05, 4.69) is 0 Å². The number of benzene rings is 1. The molecule has 0 saturated heterocycles. The molecule has 0 N–H and O–H groups in total. The third kappa shape index (κ3) is 4.24. The highest BCUT2D eigenvalue weighted by molar-refractivity contribution is 5.51. The number of alkyl halides is 2. The molecular formula is C13H15F2NO2. The van der Waals surface area contributed by atoms with E-state index in [4.69, 9.17) is 0 Å². The summed E-state index contributed by atoms with van der Waals surface area (Å²) in [5.74, 6) is 0.169. The standard InChI is InChI=1S/C13H15F2NO2/c1-9(2)7-12(16(17)18)8-10-3-5-11(6-4-10)13(14)15/h3-6,8-9,13H,7H2,1-2H3/b12-8-. The molecule has 0 fully saturated rings. The summed E-state index contributed by atoms with van der Waals surface area (Å²) in [5.41, 5.74) is 0.570. The first-order valence-electron chi connectivity index (χ1n) is 5.63. The Morgan fingerprint density at radius 1 is 1.33 bits per heavy atom. The van der Waals surface area contributed by atoms with Gasteiger partial charge in [0.25, 0.3) is 6.43 Å². The van der Waals surface area contributed by atoms with E-state index in [1.54, 1.807) is 0 Å². The van der Waals surface area contributed by atoms with Gasteiger partial charge in [-0.05, 0) is 11.5 Å². The molecule has 98 valence electrons. The lowest BCUT2D eigenvalue weighted by Crippen LogP contribution is -2.02. The maximum atomic E-state index is 12.3. The highest BCUT2D eigenvalue weighted by Gasteiger charge is 2.13. The van der Waals surface area contributed by atoms with Gasteiger partial charge in [0.2, 0.25) is 5.70 Å². The summed E-state index contributed by atoms with van der Waals surface area (Å²) in [6, 6.07) is 5.49. The molecule has 18 heavy (non-hydrogen) atoms. The predicted octanol–water partition coefficient (Wildman–Crippen LogP) is 4.29. The van der Waals surface area contributed by atoms with Gasteiger partial charge in [-0.15, -0.1) is 0 Å². The summed E-state index contributed by atoms with van der Waals surface area (Å²) in [5, 5.41) is 10.8. The molecule has 0 heterocycles. The van der Waals surface area contributed by atoms with E-state index in [1.165, 1.54) is 30.3 Å². The minimum Gasteiger partial charge on any atom is -0.259 e. The molecule has 3 nitrogen and oxygen atoms in total. The van der Waals surface area contributed by atoms with Crippen LogP contribution in [0.2, 0.25) is 0 Å². The molecule has 0 atom stereocenters. The van der Waals surface area contributed by atoms with E-state index < -0.39 is 11.3 Å². The molecule has 0 spiro atoms. The van der Waals surface area contributed by atoms with Gasteiger partial charge in [-0.3, -0.25) is 10.1 Å². The quantitative estimate of drug-likeness (QED) is 0.582. The maximum Gasteiger partial charge on any atom is 0.263 e. The van der Waals surface area contributed by atoms with E-state index in [0.717, 1.165) is 0 Å². The minimum absolute atomic E-state index is 0.0846. The number of nitro groups is 1. The van der Waals surface area contributed by atoms with Gasteiger partial charge in [0.15, 0.2) is 0 Å². The topological polar surface area (TPSA) is 43.1 Å². The van der Waals surface area contributed by atoms with Crippen molar-refractivity contribution in [2.24, 2.45) is 5.92 Å². The van der Waals surface area contributed by atoms with Gasteiger partial charge in [0.05, 0.1) is 4.92 Å². The number of hydrogen-bond donors (Lipinski definition) is 0. The summed E-state index contributed by atoms with van der Waals surface area (Å²) in [7, 11) is 0. The molecule has 1 rings (SSSR count). The molecule has 0 aromatic heterocycles. The SMILES string of the molecule is CC(C)C/C(=C/c1ccc(C(F)F)cc1)[N+](=O)[O-]. The van der Waals surface area contributed by atoms with Crippen LogP contribution in [0.3, 0.4) is 0 Å². The van der Waals surface area contributed by atoms with Gasteiger partial charge < -0.3 is 0 Å². The van der Waals surface area contributed by atoms with Crippen LogP contribution in [0.25, 0.3) is 6.08 Å². The van der Waals surface area contributed by atoms with Crippen molar-refractivity contribution in [2.45, 2.75) is 26.7 Å². The Hall–Kier alpha value is -1.78. The molecule has 0 aliphatic carbocycles. The molecule has 0 bridgehead atoms. The summed E-state index contributed by atoms with van der Waals surface area (Å²) in [6.07, 6.45) is -0.743. The Kier molecular flexibility index (Phi) is 4.95. The number of allylic oxidation sites excluding steroid dienone is 1. The monoisotopic (exact) mass is 255 g/mol. The molecule has 0 aliphatic rings. The lowest BCUT2D eigenvalue weighted by molar-refractivity contribution is -0.427. The van der Waals surface area contributed by atoms with Crippen molar-refractivity contribution in [3.8, 4) is 0 Å². The normalized spacial score (nSPS) is 12.2. The Morgan fingerprint density at radius 2 is 1.89 bits per heavy atom. The largest absolute Gasteiger partial charge is 0.263 e. The highest BCUT2D eigenvalue weighted by atomic mass is 19.3. The van der Waals surface area contributed by atoms with Crippen LogP contribution < -0.4 is 0 Å². The second-order valence-corrected chi connectivity index (χ2v) is 4.46. The fraction of sp³-hybridized carbons (Fsp3) is 0.385. The molecular weight excluding hydrogens is 240 g/mol. The fourth-order valence-corrected chi connectivity index (χ4v) is 1.53. The van der Waals surface area contributed by atoms with Crippen molar-refractivity contribution in [3.05, 3.63) is 51.2 Å². The molecule has 1 aromatic carbocycles. The summed E-state index contributed by atoms with van der Waals surface area (Å²) in [4.78, 5) is 10.4. The lowest BCUT2D eigenvalue weighted by Gasteiger charge is -2.03. The number of nitrogens with zero attached hydrogens (tertiary/aromatic N) is 1. The van der Waals surface area contributed by atoms with Crippen LogP contribution in [0.4, 0.5) is 8.78 Å². The van der Waals surface area contributed by atoms with Crippen LogP contribution in [-0.4, -0.2) is 4.92 Å². The average Bonchev–Trinajstić information content (AvgIpc) is 2.28. The molecule has 0 radical (unpaired) electrons. The Bertz CT molecular complexity index is 439. The molecule has 0 saturated carbocycles. The van der Waals surface area contributed by atoms with Crippen LogP contribution in [0.1, 0.15) is 37.8 Å². The van der Waals surface area contributed by atoms with Gasteiger partial charge >= 0.3 is 0 Å². The Morgan fingerprint density at radius 3 is 2.28 bits per heavy atom. The zero-order valence-electron chi connectivity index (χ0n) is 10.3. The van der Waals surface area contributed by atoms with Crippen molar-refractivity contribution < 1.29 is 13.7 Å². The molecule has 0 aliphatic heterocycles. The Labute approximate surface area is 104 Å². The second kappa shape index (κ2) is 6.23. The zero-order chi connectivity index (χ0) is 13.7. The predicted molar refractivity (Wildman–Crippen MR) is 65.8 cm³/mol. The average molecular weight is 255 g/mol. The lowest BCUT2D eigenvalue weighted by atomic mass is 10.1. The van der Waals surface area contributed by atoms with Gasteiger partial charge in [-0.2, -0.15) is 0 Å². The third-order valence-corrected chi connectivity index (χ3v) is 2.37. The van der Waals surface area contributed by atoms with Crippen molar-refractivity contribution in [1.82, 2.24) is 0 Å². The molecule has 5 heteroatoms. The van der Waals surface area contributed by atoms with E-state index in [1.807, 2.05) is 13.8 Å². The van der Waals surface area contributed by atoms with Crippen LogP contribution in [0.5, 0.6) is 0 Å². The smallest absolute Gasteiger partial charge is 0.259 e. The van der Waals surface area contributed by atoms with Crippen LogP contribution in [0.15, 0.2) is 30.0 Å². The second-order valence-electron chi connectivity index (χ2n) is 4.46. The Balaban J connectivity index is 2.94. The summed E-state index contributed by atoms with van der Waals surface area (Å²) >= 11 is 0.